The lowest BCUT2D eigenvalue weighted by Gasteiger charge is -2.36. The van der Waals surface area contributed by atoms with Crippen LogP contribution in [0.2, 0.25) is 0 Å². The first-order valence-electron chi connectivity index (χ1n) is 4.80. The van der Waals surface area contributed by atoms with Crippen molar-refractivity contribution < 1.29 is 0 Å². The second kappa shape index (κ2) is 5.10. The summed E-state index contributed by atoms with van der Waals surface area (Å²) >= 11 is 4.32. The van der Waals surface area contributed by atoms with Gasteiger partial charge in [0.2, 0.25) is 0 Å². The molecule has 0 bridgehead atoms. The number of nitrogens with one attached hydrogen (secondary N) is 1. The number of thiol groups is 1. The maximum absolute atomic E-state index is 4.32. The van der Waals surface area contributed by atoms with Gasteiger partial charge in [0.1, 0.15) is 0 Å². The first kappa shape index (κ1) is 10.4. The zero-order valence-electron chi connectivity index (χ0n) is 8.08. The fraction of sp³-hybridized carbons (Fsp3) is 1.00. The fourth-order valence-electron chi connectivity index (χ4n) is 1.76. The average Bonchev–Trinajstić information content (AvgIpc) is 2.17. The Balaban J connectivity index is 2.34. The Bertz CT molecular complexity index is 128. The van der Waals surface area contributed by atoms with Crippen molar-refractivity contribution in [1.29, 1.82) is 0 Å². The van der Waals surface area contributed by atoms with Gasteiger partial charge >= 0.3 is 0 Å². The Labute approximate surface area is 81.1 Å². The first-order chi connectivity index (χ1) is 5.77. The Morgan fingerprint density at radius 3 is 3.00 bits per heavy atom. The minimum Gasteiger partial charge on any atom is -0.316 e. The fourth-order valence-corrected chi connectivity index (χ4v) is 1.99. The van der Waals surface area contributed by atoms with E-state index in [1.165, 1.54) is 25.9 Å². The maximum atomic E-state index is 4.32. The second-order valence-corrected chi connectivity index (χ2v) is 4.02. The van der Waals surface area contributed by atoms with Crippen LogP contribution in [0.15, 0.2) is 0 Å². The van der Waals surface area contributed by atoms with Gasteiger partial charge in [0.05, 0.1) is 0 Å². The second-order valence-electron chi connectivity index (χ2n) is 3.65. The van der Waals surface area contributed by atoms with Crippen LogP contribution in [0.3, 0.4) is 0 Å². The third kappa shape index (κ3) is 2.64. The Kier molecular flexibility index (Phi) is 4.40. The number of hydrogen-bond donors (Lipinski definition) is 2. The van der Waals surface area contributed by atoms with E-state index in [4.69, 9.17) is 0 Å². The van der Waals surface area contributed by atoms with Crippen molar-refractivity contribution in [3.8, 4) is 0 Å². The minimum atomic E-state index is 0.629. The van der Waals surface area contributed by atoms with Crippen LogP contribution < -0.4 is 5.32 Å². The van der Waals surface area contributed by atoms with Crippen LogP contribution in [-0.4, -0.2) is 42.9 Å². The molecule has 1 aliphatic heterocycles. The van der Waals surface area contributed by atoms with Gasteiger partial charge in [-0.15, -0.1) is 0 Å². The summed E-state index contributed by atoms with van der Waals surface area (Å²) in [5.74, 6) is 0.969. The number of rotatable bonds is 3. The van der Waals surface area contributed by atoms with Crippen molar-refractivity contribution in [2.45, 2.75) is 31.8 Å². The van der Waals surface area contributed by atoms with E-state index in [1.807, 2.05) is 0 Å². The Morgan fingerprint density at radius 2 is 2.42 bits per heavy atom. The number of nitrogens with zero attached hydrogens (tertiary/aromatic N) is 1. The molecule has 0 amide bonds. The Hall–Kier alpha value is 0.270. The summed E-state index contributed by atoms with van der Waals surface area (Å²) in [5.41, 5.74) is 0. The normalized spacial score (nSPS) is 28.8. The molecule has 3 heteroatoms. The predicted molar refractivity (Wildman–Crippen MR) is 57.0 cm³/mol. The van der Waals surface area contributed by atoms with Crippen LogP contribution >= 0.6 is 12.6 Å². The maximum Gasteiger partial charge on any atom is 0.0192 e. The van der Waals surface area contributed by atoms with Crippen molar-refractivity contribution >= 4 is 12.6 Å². The molecule has 0 aromatic carbocycles. The van der Waals surface area contributed by atoms with Crippen LogP contribution in [-0.2, 0) is 0 Å². The van der Waals surface area contributed by atoms with E-state index >= 15 is 0 Å². The molecule has 1 heterocycles. The molecule has 0 radical (unpaired) electrons. The summed E-state index contributed by atoms with van der Waals surface area (Å²) in [6, 6.07) is 1.32. The zero-order valence-corrected chi connectivity index (χ0v) is 8.98. The van der Waals surface area contributed by atoms with Crippen LogP contribution in [0.25, 0.3) is 0 Å². The molecule has 1 fully saturated rings. The number of likely N-dealkylation sites (N-methyl/N-ethyl adjacent to an activating group) is 1. The molecule has 72 valence electrons. The van der Waals surface area contributed by atoms with Crippen LogP contribution in [0, 0.1) is 0 Å². The number of hydrogen-bond acceptors (Lipinski definition) is 3. The molecule has 0 aromatic rings. The average molecular weight is 188 g/mol. The van der Waals surface area contributed by atoms with E-state index in [1.54, 1.807) is 0 Å². The molecular formula is C9H20N2S. The van der Waals surface area contributed by atoms with Crippen molar-refractivity contribution in [2.24, 2.45) is 0 Å². The van der Waals surface area contributed by atoms with E-state index in [0.29, 0.717) is 12.1 Å². The van der Waals surface area contributed by atoms with Gasteiger partial charge < -0.3 is 5.32 Å². The summed E-state index contributed by atoms with van der Waals surface area (Å²) in [6.45, 7) is 4.70. The van der Waals surface area contributed by atoms with Gasteiger partial charge in [-0.3, -0.25) is 4.90 Å². The van der Waals surface area contributed by atoms with Crippen molar-refractivity contribution in [3.05, 3.63) is 0 Å². The van der Waals surface area contributed by atoms with Gasteiger partial charge in [0.25, 0.3) is 0 Å². The lowest BCUT2D eigenvalue weighted by molar-refractivity contribution is 0.160. The molecule has 0 aliphatic carbocycles. The van der Waals surface area contributed by atoms with E-state index in [-0.39, 0.29) is 0 Å². The monoisotopic (exact) mass is 188 g/mol. The quantitative estimate of drug-likeness (QED) is 0.642. The van der Waals surface area contributed by atoms with E-state index in [0.717, 1.165) is 5.75 Å². The predicted octanol–water partition coefficient (Wildman–Crippen LogP) is 0.988. The van der Waals surface area contributed by atoms with Gasteiger partial charge in [-0.25, -0.2) is 0 Å². The van der Waals surface area contributed by atoms with Crippen molar-refractivity contribution in [2.75, 3.05) is 25.9 Å². The molecule has 2 unspecified atom stereocenters. The summed E-state index contributed by atoms with van der Waals surface area (Å²) in [7, 11) is 2.06. The van der Waals surface area contributed by atoms with E-state index in [2.05, 4.69) is 36.8 Å². The first-order valence-corrected chi connectivity index (χ1v) is 5.43. The lowest BCUT2D eigenvalue weighted by atomic mass is 10.0. The molecular weight excluding hydrogens is 168 g/mol. The van der Waals surface area contributed by atoms with Gasteiger partial charge in [-0.2, -0.15) is 12.6 Å². The smallest absolute Gasteiger partial charge is 0.0192 e. The van der Waals surface area contributed by atoms with Gasteiger partial charge in [0.15, 0.2) is 0 Å². The molecule has 1 N–H and O–H groups in total. The summed E-state index contributed by atoms with van der Waals surface area (Å²) in [5, 5.41) is 3.35. The van der Waals surface area contributed by atoms with E-state index in [9.17, 15) is 0 Å². The summed E-state index contributed by atoms with van der Waals surface area (Å²) in [6.07, 6.45) is 2.65. The molecule has 0 spiro atoms. The van der Waals surface area contributed by atoms with Gasteiger partial charge in [0, 0.05) is 24.4 Å². The molecule has 12 heavy (non-hydrogen) atoms. The summed E-state index contributed by atoms with van der Waals surface area (Å²) < 4.78 is 0. The molecule has 1 saturated heterocycles. The van der Waals surface area contributed by atoms with Gasteiger partial charge in [-0.1, -0.05) is 0 Å². The van der Waals surface area contributed by atoms with Crippen molar-refractivity contribution in [3.63, 3.8) is 0 Å². The Morgan fingerprint density at radius 1 is 1.67 bits per heavy atom. The zero-order chi connectivity index (χ0) is 8.97. The molecule has 1 rings (SSSR count). The topological polar surface area (TPSA) is 15.3 Å². The third-order valence-corrected chi connectivity index (χ3v) is 3.28. The van der Waals surface area contributed by atoms with Crippen LogP contribution in [0.4, 0.5) is 0 Å². The highest BCUT2D eigenvalue weighted by Gasteiger charge is 2.21. The van der Waals surface area contributed by atoms with Crippen LogP contribution in [0.1, 0.15) is 19.8 Å². The van der Waals surface area contributed by atoms with E-state index < -0.39 is 0 Å². The SMILES string of the molecule is CNC1CCCN(C(C)CS)C1. The lowest BCUT2D eigenvalue weighted by Crippen LogP contribution is -2.48. The van der Waals surface area contributed by atoms with Crippen molar-refractivity contribution in [1.82, 2.24) is 10.2 Å². The molecule has 0 saturated carbocycles. The summed E-state index contributed by atoms with van der Waals surface area (Å²) in [4.78, 5) is 2.53. The molecule has 1 aliphatic rings. The molecule has 2 atom stereocenters. The number of piperidine rings is 1. The van der Waals surface area contributed by atoms with Crippen LogP contribution in [0.5, 0.6) is 0 Å². The highest BCUT2D eigenvalue weighted by atomic mass is 32.1. The molecule has 0 aromatic heterocycles. The van der Waals surface area contributed by atoms with Gasteiger partial charge in [-0.05, 0) is 33.4 Å². The largest absolute Gasteiger partial charge is 0.316 e. The molecule has 2 nitrogen and oxygen atoms in total. The highest BCUT2D eigenvalue weighted by Crippen LogP contribution is 2.13. The number of likely N-dealkylation sites (tertiary alicyclic amines) is 1. The third-order valence-electron chi connectivity index (χ3n) is 2.75. The minimum absolute atomic E-state index is 0.629. The standard InChI is InChI=1S/C9H20N2S/c1-8(7-12)11-5-3-4-9(6-11)10-2/h8-10,12H,3-7H2,1-2H3. The highest BCUT2D eigenvalue weighted by molar-refractivity contribution is 7.80.